The third-order valence-corrected chi connectivity index (χ3v) is 7.87. The normalized spacial score (nSPS) is 20.2. The van der Waals surface area contributed by atoms with Crippen LogP contribution in [0.2, 0.25) is 0 Å². The van der Waals surface area contributed by atoms with Crippen molar-refractivity contribution in [3.8, 4) is 22.8 Å². The van der Waals surface area contributed by atoms with Gasteiger partial charge >= 0.3 is 5.97 Å². The molecule has 1 N–H and O–H groups in total. The van der Waals surface area contributed by atoms with Gasteiger partial charge in [0.15, 0.2) is 0 Å². The van der Waals surface area contributed by atoms with Gasteiger partial charge in [-0.05, 0) is 97.2 Å². The number of aliphatic carboxylic acids is 1. The summed E-state index contributed by atoms with van der Waals surface area (Å²) in [6, 6.07) is 17.5. The predicted octanol–water partition coefficient (Wildman–Crippen LogP) is 6.07. The first-order chi connectivity index (χ1) is 17.9. The van der Waals surface area contributed by atoms with Crippen molar-refractivity contribution >= 4 is 5.97 Å². The molecule has 1 fully saturated rings. The minimum absolute atomic E-state index is 0.0337. The predicted molar refractivity (Wildman–Crippen MR) is 144 cm³/mol. The fourth-order valence-corrected chi connectivity index (χ4v) is 5.58. The number of aryl methyl sites for hydroxylation is 1. The molecule has 0 spiro atoms. The van der Waals surface area contributed by atoms with Crippen molar-refractivity contribution in [1.29, 1.82) is 0 Å². The number of hydrogen-bond donors (Lipinski definition) is 1. The number of nitrogens with zero attached hydrogens (tertiary/aromatic N) is 2. The van der Waals surface area contributed by atoms with Gasteiger partial charge in [0.05, 0.1) is 13.0 Å². The minimum Gasteiger partial charge on any atom is -0.485 e. The number of rotatable bonds is 8. The number of pyridine rings is 1. The van der Waals surface area contributed by atoms with Gasteiger partial charge < -0.3 is 14.6 Å². The van der Waals surface area contributed by atoms with Crippen LogP contribution in [0, 0.1) is 5.92 Å². The van der Waals surface area contributed by atoms with Crippen LogP contribution in [0.4, 0.5) is 0 Å². The first-order valence-electron chi connectivity index (χ1n) is 13.3. The monoisotopic (exact) mass is 500 g/mol. The molecule has 0 bridgehead atoms. The van der Waals surface area contributed by atoms with Crippen LogP contribution in [-0.2, 0) is 24.2 Å². The Morgan fingerprint density at radius 1 is 1.16 bits per heavy atom. The van der Waals surface area contributed by atoms with Crippen LogP contribution < -0.4 is 9.47 Å². The largest absolute Gasteiger partial charge is 0.485 e. The standard InChI is InChI=1S/C31H36N2O4/c1-20(31(34)35)15-22-6-7-23-9-11-28(37-29(23)16-22)27-10-8-24(25-12-13-32-30(18-25)36-3)17-26(27)19-33-14-4-5-21(33)2/h6-8,10,12-13,16-18,20-21,28H,4-5,9,11,14-15,19H2,1-3H3,(H,34,35). The van der Waals surface area contributed by atoms with Gasteiger partial charge in [-0.25, -0.2) is 4.98 Å². The van der Waals surface area contributed by atoms with Crippen LogP contribution in [0.25, 0.3) is 11.1 Å². The maximum atomic E-state index is 11.4. The van der Waals surface area contributed by atoms with E-state index < -0.39 is 11.9 Å². The summed E-state index contributed by atoms with van der Waals surface area (Å²) in [6.07, 6.45) is 6.59. The van der Waals surface area contributed by atoms with E-state index in [-0.39, 0.29) is 6.10 Å². The second kappa shape index (κ2) is 10.9. The van der Waals surface area contributed by atoms with Crippen molar-refractivity contribution < 1.29 is 19.4 Å². The molecular weight excluding hydrogens is 464 g/mol. The maximum Gasteiger partial charge on any atom is 0.306 e. The summed E-state index contributed by atoms with van der Waals surface area (Å²) < 4.78 is 12.0. The number of aromatic nitrogens is 1. The smallest absolute Gasteiger partial charge is 0.306 e. The molecule has 2 aliphatic heterocycles. The highest BCUT2D eigenvalue weighted by Crippen LogP contribution is 2.39. The average Bonchev–Trinajstić information content (AvgIpc) is 3.32. The van der Waals surface area contributed by atoms with Crippen LogP contribution in [0.15, 0.2) is 54.7 Å². The number of carboxylic acid groups (broad SMARTS) is 1. The maximum absolute atomic E-state index is 11.4. The van der Waals surface area contributed by atoms with Gasteiger partial charge in [-0.2, -0.15) is 0 Å². The Bertz CT molecular complexity index is 1270. The van der Waals surface area contributed by atoms with E-state index in [2.05, 4.69) is 41.1 Å². The highest BCUT2D eigenvalue weighted by Gasteiger charge is 2.27. The summed E-state index contributed by atoms with van der Waals surface area (Å²) in [6.45, 7) is 6.08. The lowest BCUT2D eigenvalue weighted by molar-refractivity contribution is -0.141. The Kier molecular flexibility index (Phi) is 7.47. The van der Waals surface area contributed by atoms with Crippen LogP contribution >= 0.6 is 0 Å². The molecule has 0 radical (unpaired) electrons. The van der Waals surface area contributed by atoms with E-state index in [1.165, 1.54) is 29.5 Å². The molecule has 37 heavy (non-hydrogen) atoms. The summed E-state index contributed by atoms with van der Waals surface area (Å²) in [5.74, 6) is 0.293. The van der Waals surface area contributed by atoms with Crippen molar-refractivity contribution in [1.82, 2.24) is 9.88 Å². The molecule has 6 nitrogen and oxygen atoms in total. The molecule has 3 aromatic rings. The molecule has 1 saturated heterocycles. The summed E-state index contributed by atoms with van der Waals surface area (Å²) in [7, 11) is 1.64. The SMILES string of the molecule is COc1cc(-c2ccc(C3CCc4ccc(CC(C)C(=O)O)cc4O3)c(CN3CCCC3C)c2)ccn1. The second-order valence-corrected chi connectivity index (χ2v) is 10.5. The Balaban J connectivity index is 1.45. The number of methoxy groups -OCH3 is 1. The number of carboxylic acids is 1. The lowest BCUT2D eigenvalue weighted by Gasteiger charge is -2.30. The first-order valence-corrected chi connectivity index (χ1v) is 13.3. The van der Waals surface area contributed by atoms with Gasteiger partial charge in [0.1, 0.15) is 11.9 Å². The zero-order valence-electron chi connectivity index (χ0n) is 21.9. The van der Waals surface area contributed by atoms with Crippen molar-refractivity contribution in [2.75, 3.05) is 13.7 Å². The van der Waals surface area contributed by atoms with Crippen molar-refractivity contribution in [2.45, 2.75) is 64.6 Å². The quantitative estimate of drug-likeness (QED) is 0.405. The molecule has 0 amide bonds. The average molecular weight is 501 g/mol. The van der Waals surface area contributed by atoms with E-state index in [1.54, 1.807) is 20.2 Å². The Hall–Kier alpha value is -3.38. The zero-order valence-corrected chi connectivity index (χ0v) is 21.9. The number of carbonyl (C=O) groups is 1. The van der Waals surface area contributed by atoms with Crippen molar-refractivity contribution in [3.63, 3.8) is 0 Å². The molecule has 3 atom stereocenters. The number of hydrogen-bond acceptors (Lipinski definition) is 5. The zero-order chi connectivity index (χ0) is 25.9. The molecule has 1 aromatic heterocycles. The van der Waals surface area contributed by atoms with Crippen LogP contribution in [-0.4, -0.2) is 40.7 Å². The van der Waals surface area contributed by atoms with E-state index in [1.807, 2.05) is 24.3 Å². The highest BCUT2D eigenvalue weighted by molar-refractivity contribution is 5.70. The molecule has 194 valence electrons. The van der Waals surface area contributed by atoms with Crippen LogP contribution in [0.5, 0.6) is 11.6 Å². The van der Waals surface area contributed by atoms with Gasteiger partial charge in [0.25, 0.3) is 0 Å². The van der Waals surface area contributed by atoms with Gasteiger partial charge in [-0.15, -0.1) is 0 Å². The molecule has 0 aliphatic carbocycles. The minimum atomic E-state index is -0.774. The Morgan fingerprint density at radius 2 is 2.00 bits per heavy atom. The Morgan fingerprint density at radius 3 is 2.76 bits per heavy atom. The van der Waals surface area contributed by atoms with E-state index in [9.17, 15) is 9.90 Å². The summed E-state index contributed by atoms with van der Waals surface area (Å²) in [5.41, 5.74) is 6.96. The van der Waals surface area contributed by atoms with Gasteiger partial charge in [0.2, 0.25) is 5.88 Å². The van der Waals surface area contributed by atoms with E-state index in [4.69, 9.17) is 9.47 Å². The lowest BCUT2D eigenvalue weighted by atomic mass is 9.90. The van der Waals surface area contributed by atoms with Gasteiger partial charge in [-0.3, -0.25) is 9.69 Å². The lowest BCUT2D eigenvalue weighted by Crippen LogP contribution is -2.27. The van der Waals surface area contributed by atoms with Crippen molar-refractivity contribution in [3.05, 3.63) is 77.0 Å². The summed E-state index contributed by atoms with van der Waals surface area (Å²) in [4.78, 5) is 18.2. The fourth-order valence-electron chi connectivity index (χ4n) is 5.58. The molecule has 3 unspecified atom stereocenters. The third kappa shape index (κ3) is 5.64. The molecule has 5 rings (SSSR count). The van der Waals surface area contributed by atoms with Crippen molar-refractivity contribution in [2.24, 2.45) is 5.92 Å². The second-order valence-electron chi connectivity index (χ2n) is 10.5. The molecule has 0 saturated carbocycles. The van der Waals surface area contributed by atoms with Gasteiger partial charge in [-0.1, -0.05) is 31.2 Å². The van der Waals surface area contributed by atoms with Gasteiger partial charge in [0, 0.05) is 24.8 Å². The van der Waals surface area contributed by atoms with E-state index in [0.717, 1.165) is 48.4 Å². The molecule has 6 heteroatoms. The summed E-state index contributed by atoms with van der Waals surface area (Å²) in [5, 5.41) is 9.33. The third-order valence-electron chi connectivity index (χ3n) is 7.87. The van der Waals surface area contributed by atoms with E-state index in [0.29, 0.717) is 18.3 Å². The fraction of sp³-hybridized carbons (Fsp3) is 0.419. The number of fused-ring (bicyclic) bond motifs is 1. The van der Waals surface area contributed by atoms with Crippen LogP contribution in [0.3, 0.4) is 0 Å². The topological polar surface area (TPSA) is 71.9 Å². The number of ether oxygens (including phenoxy) is 2. The molecule has 2 aliphatic rings. The first kappa shape index (κ1) is 25.3. The molecular formula is C31H36N2O4. The molecule has 2 aromatic carbocycles. The highest BCUT2D eigenvalue weighted by atomic mass is 16.5. The Labute approximate surface area is 219 Å². The summed E-state index contributed by atoms with van der Waals surface area (Å²) >= 11 is 0. The number of likely N-dealkylation sites (tertiary alicyclic amines) is 1. The van der Waals surface area contributed by atoms with Crippen LogP contribution in [0.1, 0.15) is 61.5 Å². The molecule has 3 heterocycles. The number of benzene rings is 2. The van der Waals surface area contributed by atoms with E-state index >= 15 is 0 Å².